The first-order valence-electron chi connectivity index (χ1n) is 13.0. The first-order chi connectivity index (χ1) is 17.2. The molecule has 3 aliphatic carbocycles. The molecule has 0 N–H and O–H groups in total. The third-order valence-electron chi connectivity index (χ3n) is 9.49. The Labute approximate surface area is 211 Å². The van der Waals surface area contributed by atoms with Gasteiger partial charge in [0.25, 0.3) is 0 Å². The molecule has 5 aliphatic rings. The van der Waals surface area contributed by atoms with Crippen molar-refractivity contribution in [3.05, 3.63) is 76.1 Å². The molecule has 2 aromatic carbocycles. The van der Waals surface area contributed by atoms with E-state index in [4.69, 9.17) is 26.1 Å². The molecule has 1 spiro atoms. The smallest absolute Gasteiger partial charge is 0.166 e. The van der Waals surface area contributed by atoms with Crippen LogP contribution in [-0.2, 0) is 18.3 Å². The van der Waals surface area contributed by atoms with Crippen LogP contribution >= 0.6 is 11.6 Å². The van der Waals surface area contributed by atoms with Crippen LogP contribution in [0.25, 0.3) is 11.1 Å². The van der Waals surface area contributed by atoms with E-state index in [0.29, 0.717) is 12.0 Å². The van der Waals surface area contributed by atoms with Crippen LogP contribution in [0.4, 0.5) is 0 Å². The number of aromatic nitrogens is 1. The van der Waals surface area contributed by atoms with Crippen LogP contribution in [0.3, 0.4) is 0 Å². The third kappa shape index (κ3) is 2.81. The number of piperidine rings is 1. The zero-order valence-corrected chi connectivity index (χ0v) is 20.7. The van der Waals surface area contributed by atoms with E-state index in [1.165, 1.54) is 36.1 Å². The maximum absolute atomic E-state index is 6.89. The largest absolute Gasteiger partial charge is 0.493 e. The average molecular weight is 485 g/mol. The fourth-order valence-electron chi connectivity index (χ4n) is 7.76. The maximum atomic E-state index is 6.89. The number of ether oxygens (including phenoxy) is 2. The van der Waals surface area contributed by atoms with Crippen molar-refractivity contribution < 1.29 is 9.47 Å². The number of fused-ring (bicyclic) bond motifs is 2. The van der Waals surface area contributed by atoms with Gasteiger partial charge in [-0.2, -0.15) is 0 Å². The fraction of sp³-hybridized carbons (Fsp3) is 0.433. The summed E-state index contributed by atoms with van der Waals surface area (Å²) in [5.41, 5.74) is 7.68. The Bertz CT molecular complexity index is 1350. The SMILES string of the molecule is COc1ccc2c3c1O[C@H]1c4ncc(-c5ccc(Cl)cc5)cc4C[C@H]4[C@H](C2)N(CC2CC2)CC[C@]314. The highest BCUT2D eigenvalue weighted by molar-refractivity contribution is 6.30. The van der Waals surface area contributed by atoms with E-state index in [0.717, 1.165) is 65.1 Å². The monoisotopic (exact) mass is 484 g/mol. The quantitative estimate of drug-likeness (QED) is 0.455. The lowest BCUT2D eigenvalue weighted by Crippen LogP contribution is -2.63. The van der Waals surface area contributed by atoms with Crippen LogP contribution in [-0.4, -0.2) is 36.1 Å². The topological polar surface area (TPSA) is 34.6 Å². The zero-order valence-electron chi connectivity index (χ0n) is 20.0. The lowest BCUT2D eigenvalue weighted by atomic mass is 9.51. The van der Waals surface area contributed by atoms with Crippen molar-refractivity contribution in [1.29, 1.82) is 0 Å². The minimum atomic E-state index is -0.0357. The number of rotatable bonds is 4. The Balaban J connectivity index is 1.29. The zero-order chi connectivity index (χ0) is 23.3. The molecule has 2 aliphatic heterocycles. The Kier molecular flexibility index (Phi) is 4.26. The Morgan fingerprint density at radius 1 is 1.09 bits per heavy atom. The van der Waals surface area contributed by atoms with Crippen LogP contribution in [0.5, 0.6) is 11.5 Å². The predicted octanol–water partition coefficient (Wildman–Crippen LogP) is 5.99. The fourth-order valence-corrected chi connectivity index (χ4v) is 7.89. The van der Waals surface area contributed by atoms with Gasteiger partial charge in [0.1, 0.15) is 0 Å². The summed E-state index contributed by atoms with van der Waals surface area (Å²) in [5.74, 6) is 3.28. The average Bonchev–Trinajstić information content (AvgIpc) is 3.63. The molecule has 0 radical (unpaired) electrons. The molecule has 4 atom stereocenters. The van der Waals surface area contributed by atoms with Gasteiger partial charge < -0.3 is 9.47 Å². The van der Waals surface area contributed by atoms with Crippen LogP contribution in [0.1, 0.15) is 47.8 Å². The van der Waals surface area contributed by atoms with Gasteiger partial charge in [0.05, 0.1) is 12.8 Å². The van der Waals surface area contributed by atoms with Crippen molar-refractivity contribution in [2.24, 2.45) is 11.8 Å². The standard InChI is InChI=1S/C30H29ClN2O2/c1-34-25-9-6-19-14-24-23-13-20-12-21(18-4-7-22(31)8-5-18)15-32-27(20)29-30(23,26(19)28(25)35-29)10-11-33(24)16-17-2-3-17/h4-9,12,15,17,23-24,29H,2-3,10-11,13-14,16H2,1H3/t23-,24-,29-,30-/m0/s1. The summed E-state index contributed by atoms with van der Waals surface area (Å²) in [6, 6.07) is 15.4. The molecule has 35 heavy (non-hydrogen) atoms. The van der Waals surface area contributed by atoms with Crippen LogP contribution in [0, 0.1) is 11.8 Å². The van der Waals surface area contributed by atoms with Gasteiger partial charge in [0.15, 0.2) is 17.6 Å². The number of benzene rings is 2. The Hall–Kier alpha value is -2.56. The van der Waals surface area contributed by atoms with E-state index in [9.17, 15) is 0 Å². The second-order valence-electron chi connectivity index (χ2n) is 11.2. The molecule has 1 aromatic heterocycles. The molecule has 1 saturated carbocycles. The third-order valence-corrected chi connectivity index (χ3v) is 9.74. The summed E-state index contributed by atoms with van der Waals surface area (Å²) >= 11 is 6.15. The van der Waals surface area contributed by atoms with E-state index >= 15 is 0 Å². The highest BCUT2D eigenvalue weighted by atomic mass is 35.5. The van der Waals surface area contributed by atoms with Crippen LogP contribution < -0.4 is 9.47 Å². The highest BCUT2D eigenvalue weighted by Crippen LogP contribution is 2.67. The second kappa shape index (κ2) is 7.24. The molecule has 8 rings (SSSR count). The molecular formula is C30H29ClN2O2. The molecule has 5 heteroatoms. The molecule has 4 nitrogen and oxygen atoms in total. The predicted molar refractivity (Wildman–Crippen MR) is 136 cm³/mol. The van der Waals surface area contributed by atoms with Gasteiger partial charge in [-0.05, 0) is 91.4 Å². The lowest BCUT2D eigenvalue weighted by Gasteiger charge is -2.58. The van der Waals surface area contributed by atoms with E-state index in [2.05, 4.69) is 35.2 Å². The molecule has 3 heterocycles. The van der Waals surface area contributed by atoms with Crippen LogP contribution in [0.2, 0.25) is 5.02 Å². The van der Waals surface area contributed by atoms with E-state index in [-0.39, 0.29) is 11.5 Å². The minimum Gasteiger partial charge on any atom is -0.493 e. The summed E-state index contributed by atoms with van der Waals surface area (Å²) < 4.78 is 12.7. The van der Waals surface area contributed by atoms with Crippen molar-refractivity contribution in [2.45, 2.75) is 49.7 Å². The van der Waals surface area contributed by atoms with Gasteiger partial charge in [-0.25, -0.2) is 0 Å². The normalized spacial score (nSPS) is 29.8. The Morgan fingerprint density at radius 3 is 2.74 bits per heavy atom. The maximum Gasteiger partial charge on any atom is 0.166 e. The number of pyridine rings is 1. The first kappa shape index (κ1) is 20.6. The van der Waals surface area contributed by atoms with Crippen molar-refractivity contribution in [3.63, 3.8) is 0 Å². The van der Waals surface area contributed by atoms with Gasteiger partial charge in [-0.3, -0.25) is 9.88 Å². The summed E-state index contributed by atoms with van der Waals surface area (Å²) in [4.78, 5) is 7.93. The number of hydrogen-bond donors (Lipinski definition) is 0. The first-order valence-corrected chi connectivity index (χ1v) is 13.4. The van der Waals surface area contributed by atoms with Gasteiger partial charge in [-0.1, -0.05) is 29.8 Å². The summed E-state index contributed by atoms with van der Waals surface area (Å²) in [5, 5.41) is 0.759. The van der Waals surface area contributed by atoms with Crippen molar-refractivity contribution in [2.75, 3.05) is 20.2 Å². The number of likely N-dealkylation sites (tertiary alicyclic amines) is 1. The van der Waals surface area contributed by atoms with Crippen molar-refractivity contribution in [3.8, 4) is 22.6 Å². The number of nitrogens with zero attached hydrogens (tertiary/aromatic N) is 2. The number of halogens is 1. The summed E-state index contributed by atoms with van der Waals surface area (Å²) in [6.07, 6.45) is 8.10. The van der Waals surface area contributed by atoms with Gasteiger partial charge in [0.2, 0.25) is 0 Å². The van der Waals surface area contributed by atoms with Crippen molar-refractivity contribution in [1.82, 2.24) is 9.88 Å². The van der Waals surface area contributed by atoms with E-state index in [1.807, 2.05) is 18.3 Å². The summed E-state index contributed by atoms with van der Waals surface area (Å²) in [7, 11) is 1.76. The van der Waals surface area contributed by atoms with E-state index < -0.39 is 0 Å². The molecular weight excluding hydrogens is 456 g/mol. The summed E-state index contributed by atoms with van der Waals surface area (Å²) in [6.45, 7) is 2.42. The number of methoxy groups -OCH3 is 1. The molecule has 0 unspecified atom stereocenters. The Morgan fingerprint density at radius 2 is 1.94 bits per heavy atom. The second-order valence-corrected chi connectivity index (χ2v) is 11.7. The molecule has 2 fully saturated rings. The van der Waals surface area contributed by atoms with Gasteiger partial charge in [0, 0.05) is 40.3 Å². The molecule has 178 valence electrons. The van der Waals surface area contributed by atoms with E-state index in [1.54, 1.807) is 7.11 Å². The lowest BCUT2D eigenvalue weighted by molar-refractivity contribution is -0.0378. The minimum absolute atomic E-state index is 0.00393. The molecule has 0 amide bonds. The van der Waals surface area contributed by atoms with Gasteiger partial charge in [-0.15, -0.1) is 0 Å². The molecule has 2 bridgehead atoms. The van der Waals surface area contributed by atoms with Crippen molar-refractivity contribution >= 4 is 11.6 Å². The highest BCUT2D eigenvalue weighted by Gasteiger charge is 2.65. The van der Waals surface area contributed by atoms with Gasteiger partial charge >= 0.3 is 0 Å². The molecule has 3 aromatic rings. The van der Waals surface area contributed by atoms with Crippen LogP contribution in [0.15, 0.2) is 48.7 Å². The molecule has 1 saturated heterocycles. The number of hydrogen-bond acceptors (Lipinski definition) is 4.